The number of carbonyl (C=O) groups is 2. The van der Waals surface area contributed by atoms with E-state index in [2.05, 4.69) is 10.6 Å². The van der Waals surface area contributed by atoms with Gasteiger partial charge in [-0.3, -0.25) is 9.59 Å². The van der Waals surface area contributed by atoms with Crippen molar-refractivity contribution in [2.24, 2.45) is 5.92 Å². The molecule has 0 aromatic heterocycles. The zero-order chi connectivity index (χ0) is 19.4. The van der Waals surface area contributed by atoms with Gasteiger partial charge in [-0.2, -0.15) is 0 Å². The molecule has 6 nitrogen and oxygen atoms in total. The lowest BCUT2D eigenvalue weighted by Gasteiger charge is -2.13. The summed E-state index contributed by atoms with van der Waals surface area (Å²) >= 11 is 0. The normalized spacial score (nSPS) is 13.0. The number of ether oxygens (including phenoxy) is 2. The first-order chi connectivity index (χ1) is 13.0. The van der Waals surface area contributed by atoms with Crippen molar-refractivity contribution < 1.29 is 19.1 Å². The van der Waals surface area contributed by atoms with Crippen LogP contribution in [0.15, 0.2) is 36.4 Å². The SMILES string of the molecule is COc1cc(C(=O)NCc2cccc(NC(=O)C3CC3)c2)cc(OC)c1C. The molecule has 0 atom stereocenters. The average molecular weight is 368 g/mol. The Morgan fingerprint density at radius 3 is 2.33 bits per heavy atom. The Morgan fingerprint density at radius 2 is 1.74 bits per heavy atom. The third-order valence-electron chi connectivity index (χ3n) is 4.61. The van der Waals surface area contributed by atoms with Gasteiger partial charge in [-0.15, -0.1) is 0 Å². The average Bonchev–Trinajstić information content (AvgIpc) is 3.52. The van der Waals surface area contributed by atoms with E-state index in [1.54, 1.807) is 26.4 Å². The minimum atomic E-state index is -0.223. The van der Waals surface area contributed by atoms with Gasteiger partial charge in [0, 0.05) is 29.3 Å². The summed E-state index contributed by atoms with van der Waals surface area (Å²) in [4.78, 5) is 24.4. The second-order valence-corrected chi connectivity index (χ2v) is 6.65. The van der Waals surface area contributed by atoms with Gasteiger partial charge in [0.15, 0.2) is 0 Å². The lowest BCUT2D eigenvalue weighted by Crippen LogP contribution is -2.23. The Labute approximate surface area is 158 Å². The first kappa shape index (κ1) is 18.8. The van der Waals surface area contributed by atoms with Crippen LogP contribution in [0, 0.1) is 12.8 Å². The van der Waals surface area contributed by atoms with Crippen molar-refractivity contribution in [2.45, 2.75) is 26.3 Å². The van der Waals surface area contributed by atoms with Crippen LogP contribution in [0.5, 0.6) is 11.5 Å². The zero-order valence-electron chi connectivity index (χ0n) is 15.8. The van der Waals surface area contributed by atoms with Crippen molar-refractivity contribution in [3.8, 4) is 11.5 Å². The molecule has 142 valence electrons. The molecule has 0 unspecified atom stereocenters. The van der Waals surface area contributed by atoms with Gasteiger partial charge in [0.25, 0.3) is 5.91 Å². The van der Waals surface area contributed by atoms with Crippen LogP contribution < -0.4 is 20.1 Å². The van der Waals surface area contributed by atoms with Crippen LogP contribution in [0.2, 0.25) is 0 Å². The van der Waals surface area contributed by atoms with Crippen LogP contribution in [0.1, 0.15) is 34.3 Å². The summed E-state index contributed by atoms with van der Waals surface area (Å²) in [5, 5.41) is 5.81. The van der Waals surface area contributed by atoms with E-state index in [1.165, 1.54) is 0 Å². The number of anilines is 1. The highest BCUT2D eigenvalue weighted by atomic mass is 16.5. The third kappa shape index (κ3) is 4.58. The molecule has 2 aromatic rings. The van der Waals surface area contributed by atoms with Crippen LogP contribution >= 0.6 is 0 Å². The molecule has 2 aromatic carbocycles. The summed E-state index contributed by atoms with van der Waals surface area (Å²) in [6, 6.07) is 10.9. The van der Waals surface area contributed by atoms with Gasteiger partial charge in [-0.05, 0) is 49.6 Å². The number of nitrogens with one attached hydrogen (secondary N) is 2. The first-order valence-corrected chi connectivity index (χ1v) is 8.92. The number of hydrogen-bond donors (Lipinski definition) is 2. The number of hydrogen-bond acceptors (Lipinski definition) is 4. The van der Waals surface area contributed by atoms with Crippen LogP contribution in [-0.2, 0) is 11.3 Å². The van der Waals surface area contributed by atoms with Crippen molar-refractivity contribution in [1.29, 1.82) is 0 Å². The molecule has 2 N–H and O–H groups in total. The van der Waals surface area contributed by atoms with E-state index in [1.807, 2.05) is 31.2 Å². The molecular formula is C21H24N2O4. The maximum atomic E-state index is 12.5. The second kappa shape index (κ2) is 8.12. The van der Waals surface area contributed by atoms with E-state index in [0.29, 0.717) is 23.6 Å². The Bertz CT molecular complexity index is 834. The van der Waals surface area contributed by atoms with Crippen molar-refractivity contribution >= 4 is 17.5 Å². The van der Waals surface area contributed by atoms with E-state index in [0.717, 1.165) is 29.7 Å². The minimum Gasteiger partial charge on any atom is -0.496 e. The van der Waals surface area contributed by atoms with Gasteiger partial charge in [0.1, 0.15) is 11.5 Å². The summed E-state index contributed by atoms with van der Waals surface area (Å²) in [7, 11) is 3.12. The lowest BCUT2D eigenvalue weighted by atomic mass is 10.1. The predicted octanol–water partition coefficient (Wildman–Crippen LogP) is 3.29. The molecule has 2 amide bonds. The standard InChI is InChI=1S/C21H24N2O4/c1-13-18(26-2)10-16(11-19(13)27-3)20(24)22-12-14-5-4-6-17(9-14)23-21(25)15-7-8-15/h4-6,9-11,15H,7-8,12H2,1-3H3,(H,22,24)(H,23,25). The fourth-order valence-corrected chi connectivity index (χ4v) is 2.85. The molecule has 27 heavy (non-hydrogen) atoms. The van der Waals surface area contributed by atoms with E-state index < -0.39 is 0 Å². The van der Waals surface area contributed by atoms with Gasteiger partial charge in [-0.25, -0.2) is 0 Å². The zero-order valence-corrected chi connectivity index (χ0v) is 15.8. The topological polar surface area (TPSA) is 76.7 Å². The van der Waals surface area contributed by atoms with Gasteiger partial charge in [-0.1, -0.05) is 12.1 Å². The Balaban J connectivity index is 1.66. The fraction of sp³-hybridized carbons (Fsp3) is 0.333. The van der Waals surface area contributed by atoms with Crippen LogP contribution in [0.3, 0.4) is 0 Å². The number of carbonyl (C=O) groups excluding carboxylic acids is 2. The molecule has 0 radical (unpaired) electrons. The molecule has 1 saturated carbocycles. The number of benzene rings is 2. The van der Waals surface area contributed by atoms with Crippen molar-refractivity contribution in [1.82, 2.24) is 5.32 Å². The van der Waals surface area contributed by atoms with E-state index >= 15 is 0 Å². The molecular weight excluding hydrogens is 344 g/mol. The molecule has 1 aliphatic rings. The minimum absolute atomic E-state index is 0.0648. The third-order valence-corrected chi connectivity index (χ3v) is 4.61. The highest BCUT2D eigenvalue weighted by molar-refractivity contribution is 5.95. The monoisotopic (exact) mass is 368 g/mol. The Hall–Kier alpha value is -3.02. The number of methoxy groups -OCH3 is 2. The summed E-state index contributed by atoms with van der Waals surface area (Å²) in [5.41, 5.74) is 2.96. The molecule has 0 heterocycles. The van der Waals surface area contributed by atoms with Crippen molar-refractivity contribution in [3.63, 3.8) is 0 Å². The predicted molar refractivity (Wildman–Crippen MR) is 103 cm³/mol. The molecule has 1 aliphatic carbocycles. The summed E-state index contributed by atoms with van der Waals surface area (Å²) in [6.45, 7) is 2.23. The number of rotatable bonds is 7. The molecule has 0 spiro atoms. The Kier molecular flexibility index (Phi) is 5.64. The van der Waals surface area contributed by atoms with Crippen LogP contribution in [-0.4, -0.2) is 26.0 Å². The smallest absolute Gasteiger partial charge is 0.251 e. The molecule has 1 fully saturated rings. The summed E-state index contributed by atoms with van der Waals surface area (Å²) in [5.74, 6) is 1.20. The van der Waals surface area contributed by atoms with Gasteiger partial charge in [0.05, 0.1) is 14.2 Å². The van der Waals surface area contributed by atoms with E-state index in [9.17, 15) is 9.59 Å². The van der Waals surface area contributed by atoms with Gasteiger partial charge >= 0.3 is 0 Å². The molecule has 0 aliphatic heterocycles. The lowest BCUT2D eigenvalue weighted by molar-refractivity contribution is -0.117. The second-order valence-electron chi connectivity index (χ2n) is 6.65. The largest absolute Gasteiger partial charge is 0.496 e. The van der Waals surface area contributed by atoms with E-state index in [-0.39, 0.29) is 17.7 Å². The molecule has 0 bridgehead atoms. The van der Waals surface area contributed by atoms with E-state index in [4.69, 9.17) is 9.47 Å². The molecule has 0 saturated heterocycles. The van der Waals surface area contributed by atoms with Crippen LogP contribution in [0.4, 0.5) is 5.69 Å². The van der Waals surface area contributed by atoms with Gasteiger partial charge in [0.2, 0.25) is 5.91 Å². The molecule has 6 heteroatoms. The van der Waals surface area contributed by atoms with Crippen molar-refractivity contribution in [2.75, 3.05) is 19.5 Å². The maximum Gasteiger partial charge on any atom is 0.251 e. The fourth-order valence-electron chi connectivity index (χ4n) is 2.85. The molecule has 3 rings (SSSR count). The quantitative estimate of drug-likeness (QED) is 0.786. The van der Waals surface area contributed by atoms with Crippen molar-refractivity contribution in [3.05, 3.63) is 53.1 Å². The summed E-state index contributed by atoms with van der Waals surface area (Å²) < 4.78 is 10.6. The highest BCUT2D eigenvalue weighted by Gasteiger charge is 2.29. The van der Waals surface area contributed by atoms with Crippen LogP contribution in [0.25, 0.3) is 0 Å². The highest BCUT2D eigenvalue weighted by Crippen LogP contribution is 2.30. The summed E-state index contributed by atoms with van der Waals surface area (Å²) in [6.07, 6.45) is 1.93. The first-order valence-electron chi connectivity index (χ1n) is 8.92. The maximum absolute atomic E-state index is 12.5. The van der Waals surface area contributed by atoms with Gasteiger partial charge < -0.3 is 20.1 Å². The Morgan fingerprint density at radius 1 is 1.07 bits per heavy atom. The number of amides is 2.